The Labute approximate surface area is 217 Å². The van der Waals surface area contributed by atoms with E-state index in [4.69, 9.17) is 16.3 Å². The minimum Gasteiger partial charge on any atom is -0.489 e. The molecule has 0 N–H and O–H groups in total. The van der Waals surface area contributed by atoms with Crippen molar-refractivity contribution in [2.24, 2.45) is 5.92 Å². The molecule has 1 aliphatic carbocycles. The van der Waals surface area contributed by atoms with Crippen LogP contribution in [0, 0.1) is 17.7 Å². The SMILES string of the molecule is CCC=CC1CC=C(c2ccc(-c3ccc(-c4ccc(OCCCC)c(F)n4)cc3)c(Cl)c2F)CC1. The zero-order valence-corrected chi connectivity index (χ0v) is 21.6. The first-order chi connectivity index (χ1) is 17.5. The van der Waals surface area contributed by atoms with E-state index in [-0.39, 0.29) is 16.6 Å². The molecule has 1 aromatic heterocycles. The van der Waals surface area contributed by atoms with Crippen LogP contribution in [0.3, 0.4) is 0 Å². The van der Waals surface area contributed by atoms with Crippen molar-refractivity contribution in [1.29, 1.82) is 0 Å². The lowest BCUT2D eigenvalue weighted by Gasteiger charge is -2.20. The summed E-state index contributed by atoms with van der Waals surface area (Å²) in [5.74, 6) is -0.322. The van der Waals surface area contributed by atoms with Crippen molar-refractivity contribution in [3.8, 4) is 28.1 Å². The van der Waals surface area contributed by atoms with E-state index in [2.05, 4.69) is 37.1 Å². The van der Waals surface area contributed by atoms with E-state index < -0.39 is 5.95 Å². The second kappa shape index (κ2) is 12.3. The van der Waals surface area contributed by atoms with Gasteiger partial charge in [-0.3, -0.25) is 0 Å². The Bertz CT molecular complexity index is 1250. The van der Waals surface area contributed by atoms with E-state index in [9.17, 15) is 4.39 Å². The molecule has 0 saturated heterocycles. The van der Waals surface area contributed by atoms with Gasteiger partial charge in [0.15, 0.2) is 5.75 Å². The molecule has 0 saturated carbocycles. The van der Waals surface area contributed by atoms with Gasteiger partial charge in [0.05, 0.1) is 17.3 Å². The Morgan fingerprint density at radius 1 is 1.00 bits per heavy atom. The monoisotopic (exact) mass is 507 g/mol. The molecule has 0 bridgehead atoms. The number of nitrogens with zero attached hydrogens (tertiary/aromatic N) is 1. The number of pyridine rings is 1. The summed E-state index contributed by atoms with van der Waals surface area (Å²) in [6.45, 7) is 4.65. The third-order valence-electron chi connectivity index (χ3n) is 6.59. The van der Waals surface area contributed by atoms with E-state index in [0.717, 1.165) is 55.2 Å². The van der Waals surface area contributed by atoms with Crippen molar-refractivity contribution in [3.05, 3.63) is 89.1 Å². The summed E-state index contributed by atoms with van der Waals surface area (Å²) < 4.78 is 35.1. The molecule has 1 unspecified atom stereocenters. The number of unbranched alkanes of at least 4 members (excludes halogenated alkanes) is 1. The molecule has 0 fully saturated rings. The highest BCUT2D eigenvalue weighted by atomic mass is 35.5. The van der Waals surface area contributed by atoms with Crippen LogP contribution >= 0.6 is 11.6 Å². The van der Waals surface area contributed by atoms with Gasteiger partial charge in [0.2, 0.25) is 0 Å². The summed E-state index contributed by atoms with van der Waals surface area (Å²) in [4.78, 5) is 4.05. The molecule has 188 valence electrons. The first kappa shape index (κ1) is 26.1. The standard InChI is InChI=1S/C31H32ClF2NO/c1-3-5-7-21-8-10-23(11-9-21)26-17-16-25(29(32)30(26)33)22-12-14-24(15-13-22)27-18-19-28(31(34)35-27)36-20-6-4-2/h5,7,10,12-19,21H,3-4,6,8-9,11,20H2,1-2H3. The van der Waals surface area contributed by atoms with Gasteiger partial charge in [0, 0.05) is 16.7 Å². The van der Waals surface area contributed by atoms with Crippen molar-refractivity contribution < 1.29 is 13.5 Å². The first-order valence-electron chi connectivity index (χ1n) is 12.8. The molecule has 0 radical (unpaired) electrons. The highest BCUT2D eigenvalue weighted by Gasteiger charge is 2.19. The molecular formula is C31H32ClF2NO. The van der Waals surface area contributed by atoms with Crippen LogP contribution in [0.25, 0.3) is 28.0 Å². The van der Waals surface area contributed by atoms with Crippen molar-refractivity contribution >= 4 is 17.2 Å². The molecule has 1 atom stereocenters. The lowest BCUT2D eigenvalue weighted by atomic mass is 9.85. The molecule has 0 aliphatic heterocycles. The minimum atomic E-state index is -0.627. The molecule has 0 spiro atoms. The van der Waals surface area contributed by atoms with Gasteiger partial charge in [-0.15, -0.1) is 0 Å². The fraction of sp³-hybridized carbons (Fsp3) is 0.323. The van der Waals surface area contributed by atoms with Crippen molar-refractivity contribution in [2.45, 2.75) is 52.4 Å². The zero-order chi connectivity index (χ0) is 25.5. The lowest BCUT2D eigenvalue weighted by Crippen LogP contribution is -2.04. The van der Waals surface area contributed by atoms with E-state index in [1.54, 1.807) is 12.1 Å². The fourth-order valence-corrected chi connectivity index (χ4v) is 4.73. The Morgan fingerprint density at radius 3 is 2.42 bits per heavy atom. The second-order valence-corrected chi connectivity index (χ2v) is 9.53. The van der Waals surface area contributed by atoms with E-state index >= 15 is 4.39 Å². The predicted molar refractivity (Wildman–Crippen MR) is 145 cm³/mol. The number of ether oxygens (including phenoxy) is 1. The quantitative estimate of drug-likeness (QED) is 0.163. The van der Waals surface area contributed by atoms with Crippen LogP contribution in [0.5, 0.6) is 5.75 Å². The number of halogens is 3. The molecule has 2 nitrogen and oxygen atoms in total. The molecule has 3 aromatic rings. The van der Waals surface area contributed by atoms with Crippen LogP contribution in [0.15, 0.2) is 66.8 Å². The van der Waals surface area contributed by atoms with Gasteiger partial charge in [-0.2, -0.15) is 4.39 Å². The van der Waals surface area contributed by atoms with Crippen molar-refractivity contribution in [3.63, 3.8) is 0 Å². The number of hydrogen-bond acceptors (Lipinski definition) is 2. The summed E-state index contributed by atoms with van der Waals surface area (Å²) >= 11 is 6.51. The topological polar surface area (TPSA) is 22.1 Å². The predicted octanol–water partition coefficient (Wildman–Crippen LogP) is 9.68. The van der Waals surface area contributed by atoms with Crippen LogP contribution in [-0.2, 0) is 0 Å². The van der Waals surface area contributed by atoms with Crippen LogP contribution in [-0.4, -0.2) is 11.6 Å². The number of aromatic nitrogens is 1. The van der Waals surface area contributed by atoms with Gasteiger partial charge < -0.3 is 4.74 Å². The number of hydrogen-bond donors (Lipinski definition) is 0. The largest absolute Gasteiger partial charge is 0.489 e. The molecule has 1 aliphatic rings. The van der Waals surface area contributed by atoms with Crippen LogP contribution in [0.4, 0.5) is 8.78 Å². The highest BCUT2D eigenvalue weighted by Crippen LogP contribution is 2.38. The number of rotatable bonds is 9. The molecule has 4 rings (SSSR count). The van der Waals surface area contributed by atoms with E-state index in [1.165, 1.54) is 0 Å². The molecular weight excluding hydrogens is 476 g/mol. The van der Waals surface area contributed by atoms with Gasteiger partial charge in [0.1, 0.15) is 5.82 Å². The summed E-state index contributed by atoms with van der Waals surface area (Å²) in [6, 6.07) is 14.4. The van der Waals surface area contributed by atoms with Gasteiger partial charge in [0.25, 0.3) is 5.95 Å². The third-order valence-corrected chi connectivity index (χ3v) is 6.95. The van der Waals surface area contributed by atoms with E-state index in [0.29, 0.717) is 29.3 Å². The van der Waals surface area contributed by atoms with Gasteiger partial charge >= 0.3 is 0 Å². The summed E-state index contributed by atoms with van der Waals surface area (Å²) in [6.07, 6.45) is 12.3. The summed E-state index contributed by atoms with van der Waals surface area (Å²) in [5, 5.41) is 0.118. The average molecular weight is 508 g/mol. The smallest absolute Gasteiger partial charge is 0.255 e. The average Bonchev–Trinajstić information content (AvgIpc) is 2.90. The van der Waals surface area contributed by atoms with Gasteiger partial charge in [-0.1, -0.05) is 86.5 Å². The van der Waals surface area contributed by atoms with Crippen molar-refractivity contribution in [1.82, 2.24) is 4.98 Å². The molecule has 0 amide bonds. The maximum Gasteiger partial charge on any atom is 0.255 e. The molecule has 2 aromatic carbocycles. The molecule has 5 heteroatoms. The lowest BCUT2D eigenvalue weighted by molar-refractivity contribution is 0.290. The molecule has 36 heavy (non-hydrogen) atoms. The third kappa shape index (κ3) is 6.04. The Balaban J connectivity index is 1.51. The molecule has 1 heterocycles. The van der Waals surface area contributed by atoms with Crippen LogP contribution in [0.2, 0.25) is 5.02 Å². The number of benzene rings is 2. The van der Waals surface area contributed by atoms with Gasteiger partial charge in [-0.25, -0.2) is 9.37 Å². The van der Waals surface area contributed by atoms with Crippen LogP contribution in [0.1, 0.15) is 57.9 Å². The normalized spacial score (nSPS) is 15.8. The Morgan fingerprint density at radius 2 is 1.75 bits per heavy atom. The fourth-order valence-electron chi connectivity index (χ4n) is 4.46. The zero-order valence-electron chi connectivity index (χ0n) is 20.9. The minimum absolute atomic E-state index is 0.118. The van der Waals surface area contributed by atoms with Crippen molar-refractivity contribution in [2.75, 3.05) is 6.61 Å². The highest BCUT2D eigenvalue weighted by molar-refractivity contribution is 6.33. The first-order valence-corrected chi connectivity index (χ1v) is 13.1. The summed E-state index contributed by atoms with van der Waals surface area (Å²) in [7, 11) is 0. The van der Waals surface area contributed by atoms with E-state index in [1.807, 2.05) is 36.4 Å². The maximum atomic E-state index is 15.3. The Kier molecular flexibility index (Phi) is 8.93. The number of allylic oxidation sites excluding steroid dienone is 4. The van der Waals surface area contributed by atoms with Crippen LogP contribution < -0.4 is 4.74 Å². The van der Waals surface area contributed by atoms with Gasteiger partial charge in [-0.05, 0) is 61.3 Å². The second-order valence-electron chi connectivity index (χ2n) is 9.15. The maximum absolute atomic E-state index is 15.3. The Hall–Kier alpha value is -2.98. The summed E-state index contributed by atoms with van der Waals surface area (Å²) in [5.41, 5.74) is 4.28.